The molecule has 2 aromatic carbocycles. The molecule has 0 spiro atoms. The summed E-state index contributed by atoms with van der Waals surface area (Å²) in [6.07, 6.45) is 0.0845. The van der Waals surface area contributed by atoms with Crippen LogP contribution in [0.1, 0.15) is 50.7 Å². The van der Waals surface area contributed by atoms with Crippen molar-refractivity contribution < 1.29 is 23.9 Å². The number of carbonyl (C=O) groups is 3. The number of rotatable bonds is 6. The number of carbonyl (C=O) groups excluding carboxylic acids is 3. The van der Waals surface area contributed by atoms with Gasteiger partial charge >= 0.3 is 12.1 Å². The number of ether oxygens (including phenoxy) is 2. The summed E-state index contributed by atoms with van der Waals surface area (Å²) in [6, 6.07) is 15.2. The molecule has 1 aliphatic heterocycles. The van der Waals surface area contributed by atoms with Crippen molar-refractivity contribution in [3.63, 3.8) is 0 Å². The Morgan fingerprint density at radius 2 is 1.67 bits per heavy atom. The Labute approximate surface area is 193 Å². The Morgan fingerprint density at radius 1 is 1.06 bits per heavy atom. The SMILES string of the molecule is CC(C)(C)OC(=O)[C@H](C[C@@H]1CCNC1=O)NC(=O)OCC1c2ccccc2-c2ccccc21. The van der Waals surface area contributed by atoms with Crippen molar-refractivity contribution >= 4 is 18.0 Å². The number of hydrogen-bond donors (Lipinski definition) is 2. The van der Waals surface area contributed by atoms with E-state index in [-0.39, 0.29) is 30.8 Å². The second-order valence-corrected chi connectivity index (χ2v) is 9.57. The molecule has 0 bridgehead atoms. The van der Waals surface area contributed by atoms with Gasteiger partial charge in [0.05, 0.1) is 0 Å². The Balaban J connectivity index is 1.44. The third-order valence-corrected chi connectivity index (χ3v) is 6.01. The summed E-state index contributed by atoms with van der Waals surface area (Å²) in [5, 5.41) is 5.40. The highest BCUT2D eigenvalue weighted by molar-refractivity contribution is 5.85. The fourth-order valence-corrected chi connectivity index (χ4v) is 4.52. The normalized spacial score (nSPS) is 18.2. The Kier molecular flexibility index (Phi) is 6.40. The van der Waals surface area contributed by atoms with E-state index in [9.17, 15) is 14.4 Å². The molecule has 0 unspecified atom stereocenters. The van der Waals surface area contributed by atoms with E-state index in [0.717, 1.165) is 22.3 Å². The molecule has 1 saturated heterocycles. The van der Waals surface area contributed by atoms with Gasteiger partial charge in [-0.1, -0.05) is 48.5 Å². The maximum atomic E-state index is 12.8. The maximum absolute atomic E-state index is 12.8. The first-order chi connectivity index (χ1) is 15.7. The largest absolute Gasteiger partial charge is 0.458 e. The fraction of sp³-hybridized carbons (Fsp3) is 0.423. The third-order valence-electron chi connectivity index (χ3n) is 6.01. The van der Waals surface area contributed by atoms with Crippen LogP contribution in [0.15, 0.2) is 48.5 Å². The summed E-state index contributed by atoms with van der Waals surface area (Å²) in [5.41, 5.74) is 3.79. The molecule has 1 heterocycles. The van der Waals surface area contributed by atoms with Crippen molar-refractivity contribution in [2.24, 2.45) is 5.92 Å². The van der Waals surface area contributed by atoms with Crippen LogP contribution < -0.4 is 10.6 Å². The Hall–Kier alpha value is -3.35. The molecule has 2 atom stereocenters. The lowest BCUT2D eigenvalue weighted by atomic mass is 9.98. The molecule has 0 saturated carbocycles. The summed E-state index contributed by atoms with van der Waals surface area (Å²) >= 11 is 0. The minimum Gasteiger partial charge on any atom is -0.458 e. The lowest BCUT2D eigenvalue weighted by molar-refractivity contribution is -0.157. The first-order valence-electron chi connectivity index (χ1n) is 11.3. The van der Waals surface area contributed by atoms with Gasteiger partial charge in [-0.15, -0.1) is 0 Å². The molecule has 2 N–H and O–H groups in total. The highest BCUT2D eigenvalue weighted by Crippen LogP contribution is 2.44. The highest BCUT2D eigenvalue weighted by Gasteiger charge is 2.35. The van der Waals surface area contributed by atoms with E-state index in [4.69, 9.17) is 9.47 Å². The topological polar surface area (TPSA) is 93.7 Å². The van der Waals surface area contributed by atoms with Crippen LogP contribution in [0, 0.1) is 5.92 Å². The van der Waals surface area contributed by atoms with Gasteiger partial charge in [0, 0.05) is 18.4 Å². The number of nitrogens with one attached hydrogen (secondary N) is 2. The molecule has 0 radical (unpaired) electrons. The van der Waals surface area contributed by atoms with Gasteiger partial charge < -0.3 is 20.1 Å². The summed E-state index contributed by atoms with van der Waals surface area (Å²) in [6.45, 7) is 5.99. The number of esters is 1. The molecule has 4 rings (SSSR count). The molecule has 2 aliphatic rings. The third kappa shape index (κ3) is 5.18. The van der Waals surface area contributed by atoms with Crippen LogP contribution >= 0.6 is 0 Å². The number of benzene rings is 2. The lowest BCUT2D eigenvalue weighted by Gasteiger charge is -2.25. The zero-order valence-corrected chi connectivity index (χ0v) is 19.2. The summed E-state index contributed by atoms with van der Waals surface area (Å²) in [7, 11) is 0. The van der Waals surface area contributed by atoms with Crippen LogP contribution in [0.4, 0.5) is 4.79 Å². The molecular formula is C26H30N2O5. The van der Waals surface area contributed by atoms with Gasteiger partial charge in [0.15, 0.2) is 0 Å². The highest BCUT2D eigenvalue weighted by atomic mass is 16.6. The van der Waals surface area contributed by atoms with Crippen molar-refractivity contribution in [3.8, 4) is 11.1 Å². The predicted octanol–water partition coefficient (Wildman–Crippen LogP) is 3.76. The van der Waals surface area contributed by atoms with E-state index < -0.39 is 23.7 Å². The van der Waals surface area contributed by atoms with E-state index >= 15 is 0 Å². The van der Waals surface area contributed by atoms with Crippen molar-refractivity contribution in [3.05, 3.63) is 59.7 Å². The molecule has 1 fully saturated rings. The predicted molar refractivity (Wildman–Crippen MR) is 124 cm³/mol. The van der Waals surface area contributed by atoms with Gasteiger partial charge in [-0.3, -0.25) is 4.79 Å². The van der Waals surface area contributed by atoms with Gasteiger partial charge in [-0.2, -0.15) is 0 Å². The second kappa shape index (κ2) is 9.25. The quantitative estimate of drug-likeness (QED) is 0.654. The van der Waals surface area contributed by atoms with E-state index in [1.165, 1.54) is 0 Å². The average Bonchev–Trinajstić information content (AvgIpc) is 3.31. The first-order valence-corrected chi connectivity index (χ1v) is 11.3. The van der Waals surface area contributed by atoms with Crippen LogP contribution in [0.2, 0.25) is 0 Å². The maximum Gasteiger partial charge on any atom is 0.407 e. The summed E-state index contributed by atoms with van der Waals surface area (Å²) < 4.78 is 11.1. The fourth-order valence-electron chi connectivity index (χ4n) is 4.52. The Morgan fingerprint density at radius 3 is 2.21 bits per heavy atom. The molecule has 174 valence electrons. The van der Waals surface area contributed by atoms with Crippen molar-refractivity contribution in [2.45, 2.75) is 51.2 Å². The van der Waals surface area contributed by atoms with E-state index in [2.05, 4.69) is 22.8 Å². The van der Waals surface area contributed by atoms with Crippen LogP contribution in [-0.4, -0.2) is 42.8 Å². The minimum atomic E-state index is -0.964. The van der Waals surface area contributed by atoms with Crippen molar-refractivity contribution in [1.29, 1.82) is 0 Å². The van der Waals surface area contributed by atoms with E-state index in [0.29, 0.717) is 13.0 Å². The number of fused-ring (bicyclic) bond motifs is 3. The number of amides is 2. The first kappa shape index (κ1) is 22.8. The van der Waals surface area contributed by atoms with Crippen LogP contribution in [0.5, 0.6) is 0 Å². The molecule has 33 heavy (non-hydrogen) atoms. The lowest BCUT2D eigenvalue weighted by Crippen LogP contribution is -2.46. The van der Waals surface area contributed by atoms with Gasteiger partial charge in [0.2, 0.25) is 5.91 Å². The van der Waals surface area contributed by atoms with Crippen LogP contribution in [0.25, 0.3) is 11.1 Å². The standard InChI is InChI=1S/C26H30N2O5/c1-26(2,3)33-24(30)22(14-16-12-13-27-23(16)29)28-25(31)32-15-21-19-10-6-4-8-17(19)18-9-5-7-11-20(18)21/h4-11,16,21-22H,12-15H2,1-3H3,(H,27,29)(H,28,31)/t16-,22-/m0/s1. The van der Waals surface area contributed by atoms with Gasteiger partial charge in [-0.05, 0) is 55.9 Å². The van der Waals surface area contributed by atoms with Crippen molar-refractivity contribution in [2.75, 3.05) is 13.2 Å². The smallest absolute Gasteiger partial charge is 0.407 e. The molecule has 2 aromatic rings. The molecule has 2 amide bonds. The zero-order valence-electron chi connectivity index (χ0n) is 19.2. The monoisotopic (exact) mass is 450 g/mol. The second-order valence-electron chi connectivity index (χ2n) is 9.57. The molecule has 0 aromatic heterocycles. The molecular weight excluding hydrogens is 420 g/mol. The molecule has 7 heteroatoms. The summed E-state index contributed by atoms with van der Waals surface area (Å²) in [5.74, 6) is -1.12. The van der Waals surface area contributed by atoms with E-state index in [1.807, 2.05) is 36.4 Å². The number of alkyl carbamates (subject to hydrolysis) is 1. The van der Waals surface area contributed by atoms with E-state index in [1.54, 1.807) is 20.8 Å². The summed E-state index contributed by atoms with van der Waals surface area (Å²) in [4.78, 5) is 37.5. The van der Waals surface area contributed by atoms with Crippen LogP contribution in [0.3, 0.4) is 0 Å². The van der Waals surface area contributed by atoms with Gasteiger partial charge in [-0.25, -0.2) is 9.59 Å². The molecule has 1 aliphatic carbocycles. The zero-order chi connectivity index (χ0) is 23.6. The average molecular weight is 451 g/mol. The van der Waals surface area contributed by atoms with Gasteiger partial charge in [0.25, 0.3) is 0 Å². The minimum absolute atomic E-state index is 0.0799. The van der Waals surface area contributed by atoms with Crippen LogP contribution in [-0.2, 0) is 19.1 Å². The van der Waals surface area contributed by atoms with Crippen molar-refractivity contribution in [1.82, 2.24) is 10.6 Å². The molecule has 7 nitrogen and oxygen atoms in total. The Bertz CT molecular complexity index is 1010. The number of hydrogen-bond acceptors (Lipinski definition) is 5. The van der Waals surface area contributed by atoms with Gasteiger partial charge in [0.1, 0.15) is 18.2 Å².